The lowest BCUT2D eigenvalue weighted by Gasteiger charge is -2.15. The lowest BCUT2D eigenvalue weighted by molar-refractivity contribution is -0.121. The molecule has 0 aromatic heterocycles. The number of carbonyl (C=O) groups is 1. The Hall–Kier alpha value is -2.38. The van der Waals surface area contributed by atoms with Crippen LogP contribution in [0, 0.1) is 0 Å². The molecular weight excluding hydrogens is 338 g/mol. The smallest absolute Gasteiger partial charge is 0.242 e. The van der Waals surface area contributed by atoms with Gasteiger partial charge >= 0.3 is 0 Å². The molecule has 134 valence electrons. The van der Waals surface area contributed by atoms with Crippen molar-refractivity contribution >= 4 is 21.6 Å². The van der Waals surface area contributed by atoms with E-state index in [0.29, 0.717) is 17.7 Å². The summed E-state index contributed by atoms with van der Waals surface area (Å²) < 4.78 is 25.8. The monoisotopic (exact) mass is 361 g/mol. The number of hydrogen-bond acceptors (Lipinski definition) is 4. The van der Waals surface area contributed by atoms with E-state index in [0.717, 1.165) is 9.87 Å². The van der Waals surface area contributed by atoms with Crippen LogP contribution in [-0.4, -0.2) is 32.7 Å². The minimum atomic E-state index is -3.55. The molecule has 0 aliphatic carbocycles. The summed E-state index contributed by atoms with van der Waals surface area (Å²) in [6.07, 6.45) is 0.826. The van der Waals surface area contributed by atoms with Crippen molar-refractivity contribution in [3.8, 4) is 0 Å². The number of nitrogens with zero attached hydrogens (tertiary/aromatic N) is 1. The molecule has 0 fully saturated rings. The van der Waals surface area contributed by atoms with Gasteiger partial charge in [0.25, 0.3) is 0 Å². The van der Waals surface area contributed by atoms with Crippen molar-refractivity contribution in [2.45, 2.75) is 24.3 Å². The Morgan fingerprint density at radius 1 is 1.04 bits per heavy atom. The molecule has 0 aliphatic heterocycles. The zero-order chi connectivity index (χ0) is 18.4. The molecule has 0 bridgehead atoms. The average molecular weight is 361 g/mol. The highest BCUT2D eigenvalue weighted by molar-refractivity contribution is 7.89. The third-order valence-corrected chi connectivity index (χ3v) is 5.80. The van der Waals surface area contributed by atoms with Crippen LogP contribution >= 0.6 is 0 Å². The number of carbonyl (C=O) groups excluding carboxylic acids is 1. The number of rotatable bonds is 7. The predicted molar refractivity (Wildman–Crippen MR) is 98.3 cm³/mol. The van der Waals surface area contributed by atoms with Gasteiger partial charge in [0.1, 0.15) is 0 Å². The molecule has 25 heavy (non-hydrogen) atoms. The first-order valence-corrected chi connectivity index (χ1v) is 9.37. The maximum Gasteiger partial charge on any atom is 0.242 e. The van der Waals surface area contributed by atoms with Crippen LogP contribution in [0.15, 0.2) is 53.4 Å². The van der Waals surface area contributed by atoms with Crippen LogP contribution in [0.25, 0.3) is 0 Å². The molecule has 2 rings (SSSR count). The van der Waals surface area contributed by atoms with Crippen molar-refractivity contribution in [1.29, 1.82) is 0 Å². The summed E-state index contributed by atoms with van der Waals surface area (Å²) in [6.45, 7) is 0.159. The Bertz CT molecular complexity index is 848. The first-order chi connectivity index (χ1) is 11.8. The van der Waals surface area contributed by atoms with Crippen molar-refractivity contribution in [2.24, 2.45) is 0 Å². The summed E-state index contributed by atoms with van der Waals surface area (Å²) in [5.41, 5.74) is 8.01. The standard InChI is InChI=1S/C18H23N3O3S/c1-21(2)25(23,24)17-10-6-4-8-15(17)13-20-18(22)12-11-14-7-3-5-9-16(14)19/h3-10H,11-13,19H2,1-2H3,(H,20,22). The largest absolute Gasteiger partial charge is 0.399 e. The number of para-hydroxylation sites is 1. The van der Waals surface area contributed by atoms with Gasteiger partial charge in [0.2, 0.25) is 15.9 Å². The highest BCUT2D eigenvalue weighted by atomic mass is 32.2. The van der Waals surface area contributed by atoms with Crippen molar-refractivity contribution in [2.75, 3.05) is 19.8 Å². The normalized spacial score (nSPS) is 11.5. The highest BCUT2D eigenvalue weighted by Crippen LogP contribution is 2.18. The van der Waals surface area contributed by atoms with Gasteiger partial charge < -0.3 is 11.1 Å². The third kappa shape index (κ3) is 4.80. The first-order valence-electron chi connectivity index (χ1n) is 7.93. The molecule has 7 heteroatoms. The first kappa shape index (κ1) is 19.0. The average Bonchev–Trinajstić information content (AvgIpc) is 2.59. The van der Waals surface area contributed by atoms with E-state index in [4.69, 9.17) is 5.73 Å². The third-order valence-electron chi connectivity index (χ3n) is 3.88. The Morgan fingerprint density at radius 2 is 1.64 bits per heavy atom. The van der Waals surface area contributed by atoms with E-state index in [1.165, 1.54) is 14.1 Å². The quantitative estimate of drug-likeness (QED) is 0.735. The summed E-state index contributed by atoms with van der Waals surface area (Å²) in [5, 5.41) is 2.78. The van der Waals surface area contributed by atoms with E-state index < -0.39 is 10.0 Å². The van der Waals surface area contributed by atoms with Gasteiger partial charge in [-0.1, -0.05) is 36.4 Å². The van der Waals surface area contributed by atoms with Crippen molar-refractivity contribution < 1.29 is 13.2 Å². The van der Waals surface area contributed by atoms with Crippen molar-refractivity contribution in [3.05, 3.63) is 59.7 Å². The van der Waals surface area contributed by atoms with Crippen LogP contribution in [0.3, 0.4) is 0 Å². The van der Waals surface area contributed by atoms with Crippen LogP contribution in [0.4, 0.5) is 5.69 Å². The molecule has 2 aromatic carbocycles. The summed E-state index contributed by atoms with van der Waals surface area (Å²) >= 11 is 0. The lowest BCUT2D eigenvalue weighted by atomic mass is 10.1. The summed E-state index contributed by atoms with van der Waals surface area (Å²) in [7, 11) is -0.589. The number of benzene rings is 2. The second-order valence-corrected chi connectivity index (χ2v) is 7.99. The second-order valence-electron chi connectivity index (χ2n) is 5.87. The Kier molecular flexibility index (Phi) is 6.17. The number of nitrogens with two attached hydrogens (primary N) is 1. The molecule has 0 spiro atoms. The molecule has 0 saturated carbocycles. The molecule has 6 nitrogen and oxygen atoms in total. The van der Waals surface area contributed by atoms with Crippen molar-refractivity contribution in [1.82, 2.24) is 9.62 Å². The Balaban J connectivity index is 2.00. The molecule has 0 radical (unpaired) electrons. The highest BCUT2D eigenvalue weighted by Gasteiger charge is 2.20. The van der Waals surface area contributed by atoms with Gasteiger partial charge in [0.15, 0.2) is 0 Å². The number of anilines is 1. The van der Waals surface area contributed by atoms with Gasteiger partial charge in [-0.3, -0.25) is 4.79 Å². The fourth-order valence-corrected chi connectivity index (χ4v) is 3.51. The molecule has 1 amide bonds. The molecule has 0 saturated heterocycles. The molecule has 0 heterocycles. The molecule has 0 atom stereocenters. The molecule has 2 aromatic rings. The van der Waals surface area contributed by atoms with Crippen molar-refractivity contribution in [3.63, 3.8) is 0 Å². The fourth-order valence-electron chi connectivity index (χ4n) is 2.39. The summed E-state index contributed by atoms with van der Waals surface area (Å²) in [5.74, 6) is -0.152. The number of aryl methyl sites for hydroxylation is 1. The van der Waals surface area contributed by atoms with Crippen LogP contribution in [0.2, 0.25) is 0 Å². The number of nitrogens with one attached hydrogen (secondary N) is 1. The summed E-state index contributed by atoms with van der Waals surface area (Å²) in [4.78, 5) is 12.3. The molecule has 3 N–H and O–H groups in total. The van der Waals surface area contributed by atoms with Gasteiger partial charge in [-0.05, 0) is 29.7 Å². The lowest BCUT2D eigenvalue weighted by Crippen LogP contribution is -2.27. The van der Waals surface area contributed by atoms with Gasteiger partial charge in [0.05, 0.1) is 4.90 Å². The topological polar surface area (TPSA) is 92.5 Å². The maximum atomic E-state index is 12.3. The predicted octanol–water partition coefficient (Wildman–Crippen LogP) is 1.77. The van der Waals surface area contributed by atoms with Gasteiger partial charge in [-0.15, -0.1) is 0 Å². The van der Waals surface area contributed by atoms with E-state index in [2.05, 4.69) is 5.32 Å². The van der Waals surface area contributed by atoms with E-state index in [9.17, 15) is 13.2 Å². The van der Waals surface area contributed by atoms with Gasteiger partial charge in [-0.2, -0.15) is 0 Å². The number of sulfonamides is 1. The number of amides is 1. The minimum absolute atomic E-state index is 0.152. The number of hydrogen-bond donors (Lipinski definition) is 2. The summed E-state index contributed by atoms with van der Waals surface area (Å²) in [6, 6.07) is 14.1. The number of nitrogen functional groups attached to an aromatic ring is 1. The minimum Gasteiger partial charge on any atom is -0.399 e. The van der Waals surface area contributed by atoms with E-state index >= 15 is 0 Å². The van der Waals surface area contributed by atoms with Gasteiger partial charge in [-0.25, -0.2) is 12.7 Å². The zero-order valence-corrected chi connectivity index (χ0v) is 15.2. The van der Waals surface area contributed by atoms with Crippen LogP contribution < -0.4 is 11.1 Å². The molecule has 0 aliphatic rings. The molecular formula is C18H23N3O3S. The maximum absolute atomic E-state index is 12.3. The van der Waals surface area contributed by atoms with E-state index in [1.807, 2.05) is 18.2 Å². The fraction of sp³-hybridized carbons (Fsp3) is 0.278. The van der Waals surface area contributed by atoms with Crippen LogP contribution in [0.5, 0.6) is 0 Å². The van der Waals surface area contributed by atoms with Gasteiger partial charge in [0, 0.05) is 32.7 Å². The SMILES string of the molecule is CN(C)S(=O)(=O)c1ccccc1CNC(=O)CCc1ccccc1N. The zero-order valence-electron chi connectivity index (χ0n) is 14.4. The Morgan fingerprint density at radius 3 is 2.28 bits per heavy atom. The van der Waals surface area contributed by atoms with Crippen LogP contribution in [0.1, 0.15) is 17.5 Å². The molecule has 0 unspecified atom stereocenters. The second kappa shape index (κ2) is 8.13. The van der Waals surface area contributed by atoms with E-state index in [1.54, 1.807) is 30.3 Å². The Labute approximate surface area is 148 Å². The van der Waals surface area contributed by atoms with Crippen LogP contribution in [-0.2, 0) is 27.8 Å². The van der Waals surface area contributed by atoms with E-state index in [-0.39, 0.29) is 23.8 Å².